The topological polar surface area (TPSA) is 12.0 Å². The minimum absolute atomic E-state index is 0.504. The third-order valence-corrected chi connectivity index (χ3v) is 4.46. The lowest BCUT2D eigenvalue weighted by Gasteiger charge is -2.13. The second kappa shape index (κ2) is 5.77. The van der Waals surface area contributed by atoms with Gasteiger partial charge in [-0.05, 0) is 48.2 Å². The highest BCUT2D eigenvalue weighted by molar-refractivity contribution is 6.36. The van der Waals surface area contributed by atoms with E-state index in [2.05, 4.69) is 30.4 Å². The zero-order chi connectivity index (χ0) is 14.1. The Morgan fingerprint density at radius 2 is 2.00 bits per heavy atom. The molecule has 0 heterocycles. The highest BCUT2D eigenvalue weighted by Crippen LogP contribution is 2.36. The maximum atomic E-state index is 6.30. The molecule has 1 aliphatic rings. The Balaban J connectivity index is 1.97. The number of aryl methyl sites for hydroxylation is 1. The quantitative estimate of drug-likeness (QED) is 0.816. The molecule has 1 aliphatic carbocycles. The van der Waals surface area contributed by atoms with Crippen LogP contribution < -0.4 is 5.32 Å². The van der Waals surface area contributed by atoms with E-state index in [0.29, 0.717) is 16.1 Å². The third kappa shape index (κ3) is 2.58. The number of fused-ring (bicyclic) bond motifs is 1. The van der Waals surface area contributed by atoms with E-state index < -0.39 is 0 Å². The fraction of sp³-hybridized carbons (Fsp3) is 0.294. The van der Waals surface area contributed by atoms with E-state index >= 15 is 0 Å². The summed E-state index contributed by atoms with van der Waals surface area (Å²) in [5.74, 6) is 0. The summed E-state index contributed by atoms with van der Waals surface area (Å²) in [5, 5.41) is 4.92. The van der Waals surface area contributed by atoms with Gasteiger partial charge in [-0.3, -0.25) is 0 Å². The molecule has 0 spiro atoms. The maximum Gasteiger partial charge on any atom is 0.0499 e. The lowest BCUT2D eigenvalue weighted by Crippen LogP contribution is -2.18. The molecule has 2 aromatic carbocycles. The van der Waals surface area contributed by atoms with Crippen molar-refractivity contribution in [3.8, 4) is 11.1 Å². The van der Waals surface area contributed by atoms with Crippen molar-refractivity contribution < 1.29 is 0 Å². The first-order chi connectivity index (χ1) is 9.69. The molecular formula is C17H17Cl2N. The molecule has 0 bridgehead atoms. The largest absolute Gasteiger partial charge is 0.310 e. The minimum atomic E-state index is 0.504. The predicted molar refractivity (Wildman–Crippen MR) is 86.6 cm³/mol. The molecular weight excluding hydrogens is 289 g/mol. The zero-order valence-corrected chi connectivity index (χ0v) is 12.9. The summed E-state index contributed by atoms with van der Waals surface area (Å²) in [7, 11) is 0. The average molecular weight is 306 g/mol. The van der Waals surface area contributed by atoms with Gasteiger partial charge < -0.3 is 5.32 Å². The van der Waals surface area contributed by atoms with Crippen LogP contribution in [0.4, 0.5) is 0 Å². The van der Waals surface area contributed by atoms with E-state index in [1.165, 1.54) is 23.1 Å². The van der Waals surface area contributed by atoms with Crippen LogP contribution in [0.1, 0.15) is 30.5 Å². The average Bonchev–Trinajstić information content (AvgIpc) is 2.82. The third-order valence-electron chi connectivity index (χ3n) is 3.91. The number of benzene rings is 2. The Bertz CT molecular complexity index is 637. The first-order valence-electron chi connectivity index (χ1n) is 7.00. The summed E-state index contributed by atoms with van der Waals surface area (Å²) in [6.07, 6.45) is 2.31. The van der Waals surface area contributed by atoms with Crippen LogP contribution in [0.2, 0.25) is 10.0 Å². The normalized spacial score (nSPS) is 17.2. The molecule has 0 saturated heterocycles. The van der Waals surface area contributed by atoms with Crippen LogP contribution >= 0.6 is 23.2 Å². The highest BCUT2D eigenvalue weighted by atomic mass is 35.5. The molecule has 1 unspecified atom stereocenters. The highest BCUT2D eigenvalue weighted by Gasteiger charge is 2.21. The van der Waals surface area contributed by atoms with Crippen molar-refractivity contribution >= 4 is 23.2 Å². The summed E-state index contributed by atoms with van der Waals surface area (Å²) < 4.78 is 0. The molecule has 2 aromatic rings. The SMILES string of the molecule is CCNC1CCc2cc(-c3ccc(Cl)cc3Cl)ccc21. The Hall–Kier alpha value is -1.02. The molecule has 20 heavy (non-hydrogen) atoms. The van der Waals surface area contributed by atoms with Crippen molar-refractivity contribution in [1.29, 1.82) is 0 Å². The monoisotopic (exact) mass is 305 g/mol. The summed E-state index contributed by atoms with van der Waals surface area (Å²) in [5.41, 5.74) is 5.08. The number of hydrogen-bond acceptors (Lipinski definition) is 1. The van der Waals surface area contributed by atoms with Gasteiger partial charge in [-0.2, -0.15) is 0 Å². The molecule has 104 valence electrons. The van der Waals surface area contributed by atoms with Gasteiger partial charge in [0.05, 0.1) is 0 Å². The van der Waals surface area contributed by atoms with Crippen LogP contribution in [0, 0.1) is 0 Å². The molecule has 3 rings (SSSR count). The molecule has 1 N–H and O–H groups in total. The van der Waals surface area contributed by atoms with Gasteiger partial charge in [-0.15, -0.1) is 0 Å². The van der Waals surface area contributed by atoms with E-state index in [9.17, 15) is 0 Å². The molecule has 0 amide bonds. The fourth-order valence-corrected chi connectivity index (χ4v) is 3.48. The van der Waals surface area contributed by atoms with Gasteiger partial charge in [-0.1, -0.05) is 54.4 Å². The van der Waals surface area contributed by atoms with Crippen molar-refractivity contribution in [2.75, 3.05) is 6.54 Å². The molecule has 0 aromatic heterocycles. The molecule has 0 radical (unpaired) electrons. The first-order valence-corrected chi connectivity index (χ1v) is 7.76. The lowest BCUT2D eigenvalue weighted by molar-refractivity contribution is 0.549. The van der Waals surface area contributed by atoms with E-state index in [-0.39, 0.29) is 0 Å². The van der Waals surface area contributed by atoms with Crippen LogP contribution in [-0.4, -0.2) is 6.54 Å². The van der Waals surface area contributed by atoms with Gasteiger partial charge in [-0.25, -0.2) is 0 Å². The Labute approximate surface area is 129 Å². The Morgan fingerprint density at radius 3 is 2.75 bits per heavy atom. The number of halogens is 2. The standard InChI is InChI=1S/C17H17Cl2N/c1-2-20-17-8-4-12-9-11(3-6-15(12)17)14-7-5-13(18)10-16(14)19/h3,5-7,9-10,17,20H,2,4,8H2,1H3. The number of hydrogen-bond donors (Lipinski definition) is 1. The van der Waals surface area contributed by atoms with Gasteiger partial charge in [0.15, 0.2) is 0 Å². The lowest BCUT2D eigenvalue weighted by atomic mass is 9.99. The molecule has 0 saturated carbocycles. The molecule has 1 nitrogen and oxygen atoms in total. The number of nitrogens with one attached hydrogen (secondary N) is 1. The van der Waals surface area contributed by atoms with Gasteiger partial charge in [0.25, 0.3) is 0 Å². The Morgan fingerprint density at radius 1 is 1.15 bits per heavy atom. The predicted octanol–water partition coefficient (Wildman–Crippen LogP) is 5.26. The summed E-state index contributed by atoms with van der Waals surface area (Å²) >= 11 is 12.3. The van der Waals surface area contributed by atoms with Crippen LogP contribution in [0.15, 0.2) is 36.4 Å². The van der Waals surface area contributed by atoms with E-state index in [1.54, 1.807) is 6.07 Å². The summed E-state index contributed by atoms with van der Waals surface area (Å²) in [4.78, 5) is 0. The Kier molecular flexibility index (Phi) is 4.02. The van der Waals surface area contributed by atoms with E-state index in [4.69, 9.17) is 23.2 Å². The van der Waals surface area contributed by atoms with Crippen LogP contribution in [-0.2, 0) is 6.42 Å². The van der Waals surface area contributed by atoms with Crippen LogP contribution in [0.25, 0.3) is 11.1 Å². The number of rotatable bonds is 3. The van der Waals surface area contributed by atoms with E-state index in [1.807, 2.05) is 12.1 Å². The smallest absolute Gasteiger partial charge is 0.0499 e. The van der Waals surface area contributed by atoms with Crippen molar-refractivity contribution in [3.63, 3.8) is 0 Å². The molecule has 1 atom stereocenters. The fourth-order valence-electron chi connectivity index (χ4n) is 2.97. The van der Waals surface area contributed by atoms with Gasteiger partial charge >= 0.3 is 0 Å². The summed E-state index contributed by atoms with van der Waals surface area (Å²) in [6, 6.07) is 12.8. The van der Waals surface area contributed by atoms with Crippen molar-refractivity contribution in [2.45, 2.75) is 25.8 Å². The van der Waals surface area contributed by atoms with Gasteiger partial charge in [0.1, 0.15) is 0 Å². The molecule has 3 heteroatoms. The first kappa shape index (κ1) is 13.9. The van der Waals surface area contributed by atoms with Crippen molar-refractivity contribution in [2.24, 2.45) is 0 Å². The van der Waals surface area contributed by atoms with Crippen LogP contribution in [0.3, 0.4) is 0 Å². The van der Waals surface area contributed by atoms with Crippen LogP contribution in [0.5, 0.6) is 0 Å². The molecule has 0 fully saturated rings. The minimum Gasteiger partial charge on any atom is -0.310 e. The van der Waals surface area contributed by atoms with E-state index in [0.717, 1.165) is 18.5 Å². The van der Waals surface area contributed by atoms with Crippen molar-refractivity contribution in [3.05, 3.63) is 57.6 Å². The maximum absolute atomic E-state index is 6.30. The van der Waals surface area contributed by atoms with Crippen molar-refractivity contribution in [1.82, 2.24) is 5.32 Å². The second-order valence-electron chi connectivity index (χ2n) is 5.19. The zero-order valence-electron chi connectivity index (χ0n) is 11.4. The summed E-state index contributed by atoms with van der Waals surface area (Å²) in [6.45, 7) is 3.16. The molecule has 0 aliphatic heterocycles. The van der Waals surface area contributed by atoms with Gasteiger partial charge in [0.2, 0.25) is 0 Å². The van der Waals surface area contributed by atoms with Gasteiger partial charge in [0, 0.05) is 21.7 Å². The second-order valence-corrected chi connectivity index (χ2v) is 6.03.